The topological polar surface area (TPSA) is 42.6 Å². The standard InChI is InChI=1S/C12H10N2S.ClH/c13-8-4-3-7-11-12(8)14-9-5-1-2-6-10(9)15-11;/h1-7,14H,13H2;1H. The van der Waals surface area contributed by atoms with Crippen molar-refractivity contribution in [3.8, 4) is 0 Å². The lowest BCUT2D eigenvalue weighted by Gasteiger charge is -2.16. The van der Waals surface area contributed by atoms with Gasteiger partial charge in [-0.25, -0.2) is 0 Å². The van der Waals surface area contributed by atoms with Crippen LogP contribution >= 0.6 is 11.8 Å². The predicted molar refractivity (Wildman–Crippen MR) is 62.7 cm³/mol. The van der Waals surface area contributed by atoms with Crippen molar-refractivity contribution in [2.24, 2.45) is 0 Å². The van der Waals surface area contributed by atoms with E-state index in [-0.39, 0.29) is 12.4 Å². The van der Waals surface area contributed by atoms with E-state index in [0.717, 1.165) is 11.4 Å². The number of benzene rings is 2. The molecule has 0 saturated carbocycles. The van der Waals surface area contributed by atoms with Crippen LogP contribution < -0.4 is 23.5 Å². The van der Waals surface area contributed by atoms with Crippen LogP contribution in [0.2, 0.25) is 0 Å². The van der Waals surface area contributed by atoms with E-state index in [2.05, 4.69) is 35.6 Å². The minimum absolute atomic E-state index is 0. The summed E-state index contributed by atoms with van der Waals surface area (Å²) in [6.45, 7) is 0. The highest BCUT2D eigenvalue weighted by Gasteiger charge is 2.21. The molecule has 3 rings (SSSR count). The fourth-order valence-electron chi connectivity index (χ4n) is 1.77. The molecule has 1 heterocycles. The highest BCUT2D eigenvalue weighted by molar-refractivity contribution is 7.99. The summed E-state index contributed by atoms with van der Waals surface area (Å²) >= 11 is 1.79. The van der Waals surface area contributed by atoms with Crippen LogP contribution in [0.3, 0.4) is 0 Å². The van der Waals surface area contributed by atoms with Crippen LogP contribution in [0.4, 0.5) is 17.1 Å². The largest absolute Gasteiger partial charge is 1.00 e. The maximum Gasteiger partial charge on any atom is 0.171 e. The van der Waals surface area contributed by atoms with Crippen LogP contribution in [0, 0.1) is 0 Å². The number of halogens is 1. The lowest BCUT2D eigenvalue weighted by Crippen LogP contribution is -3.00. The third-order valence-electron chi connectivity index (χ3n) is 2.54. The molecule has 0 radical (unpaired) electrons. The van der Waals surface area contributed by atoms with Crippen molar-refractivity contribution in [1.82, 2.24) is 0 Å². The Balaban J connectivity index is 0.000000963. The van der Waals surface area contributed by atoms with Crippen LogP contribution in [0.25, 0.3) is 0 Å². The van der Waals surface area contributed by atoms with Gasteiger partial charge in [-0.1, -0.05) is 30.0 Å². The first kappa shape index (κ1) is 11.3. The second kappa shape index (κ2) is 4.37. The SMILES string of the molecule is Nc1cccc2c1[NH2+]c1ccccc1S2.[Cl-]. The third kappa shape index (κ3) is 1.78. The number of nitrogen functional groups attached to an aromatic ring is 1. The Hall–Kier alpha value is -1.16. The van der Waals surface area contributed by atoms with Crippen molar-refractivity contribution in [2.75, 3.05) is 5.73 Å². The molecular formula is C12H11ClN2S. The van der Waals surface area contributed by atoms with E-state index >= 15 is 0 Å². The van der Waals surface area contributed by atoms with Crippen molar-refractivity contribution >= 4 is 28.8 Å². The van der Waals surface area contributed by atoms with Crippen LogP contribution in [0.1, 0.15) is 0 Å². The van der Waals surface area contributed by atoms with Crippen molar-refractivity contribution < 1.29 is 17.7 Å². The second-order valence-corrected chi connectivity index (χ2v) is 4.63. The van der Waals surface area contributed by atoms with E-state index in [1.165, 1.54) is 15.5 Å². The Bertz CT molecular complexity index is 528. The Labute approximate surface area is 105 Å². The lowest BCUT2D eigenvalue weighted by atomic mass is 10.2. The fourth-order valence-corrected chi connectivity index (χ4v) is 2.83. The van der Waals surface area contributed by atoms with Crippen LogP contribution in [-0.2, 0) is 0 Å². The summed E-state index contributed by atoms with van der Waals surface area (Å²) in [6, 6.07) is 14.5. The number of para-hydroxylation sites is 2. The molecule has 2 aromatic carbocycles. The molecule has 0 unspecified atom stereocenters. The summed E-state index contributed by atoms with van der Waals surface area (Å²) in [7, 11) is 0. The van der Waals surface area contributed by atoms with Gasteiger partial charge in [0.1, 0.15) is 5.69 Å². The van der Waals surface area contributed by atoms with Gasteiger partial charge in [-0.3, -0.25) is 5.32 Å². The number of hydrogen-bond donors (Lipinski definition) is 2. The number of rotatable bonds is 0. The van der Waals surface area contributed by atoms with Gasteiger partial charge < -0.3 is 18.1 Å². The molecule has 1 aliphatic rings. The number of anilines is 1. The summed E-state index contributed by atoms with van der Waals surface area (Å²) in [5.74, 6) is 0. The summed E-state index contributed by atoms with van der Waals surface area (Å²) in [5.41, 5.74) is 9.22. The minimum atomic E-state index is 0. The smallest absolute Gasteiger partial charge is 0.171 e. The Morgan fingerprint density at radius 1 is 0.938 bits per heavy atom. The molecule has 0 atom stereocenters. The molecule has 0 aliphatic carbocycles. The first-order valence-corrected chi connectivity index (χ1v) is 5.66. The molecule has 2 nitrogen and oxygen atoms in total. The van der Waals surface area contributed by atoms with Crippen molar-refractivity contribution in [3.63, 3.8) is 0 Å². The maximum absolute atomic E-state index is 5.95. The number of fused-ring (bicyclic) bond motifs is 2. The molecular weight excluding hydrogens is 240 g/mol. The number of nitrogens with two attached hydrogens (primary N) is 2. The predicted octanol–water partition coefficient (Wildman–Crippen LogP) is -0.736. The normalized spacial score (nSPS) is 12.2. The summed E-state index contributed by atoms with van der Waals surface area (Å²) in [4.78, 5) is 2.55. The molecule has 0 bridgehead atoms. The average molecular weight is 251 g/mol. The van der Waals surface area contributed by atoms with E-state index in [1.54, 1.807) is 11.8 Å². The van der Waals surface area contributed by atoms with Gasteiger partial charge in [0.2, 0.25) is 0 Å². The Morgan fingerprint density at radius 3 is 2.56 bits per heavy atom. The number of quaternary nitrogens is 1. The van der Waals surface area contributed by atoms with E-state index < -0.39 is 0 Å². The van der Waals surface area contributed by atoms with Gasteiger partial charge >= 0.3 is 0 Å². The molecule has 0 spiro atoms. The van der Waals surface area contributed by atoms with Crippen LogP contribution in [0.15, 0.2) is 52.3 Å². The van der Waals surface area contributed by atoms with Crippen molar-refractivity contribution in [3.05, 3.63) is 42.5 Å². The second-order valence-electron chi connectivity index (χ2n) is 3.54. The summed E-state index contributed by atoms with van der Waals surface area (Å²) in [6.07, 6.45) is 0. The van der Waals surface area contributed by atoms with Gasteiger partial charge in [0.25, 0.3) is 0 Å². The van der Waals surface area contributed by atoms with Crippen molar-refractivity contribution in [1.29, 1.82) is 0 Å². The molecule has 4 N–H and O–H groups in total. The zero-order valence-electron chi connectivity index (χ0n) is 8.48. The van der Waals surface area contributed by atoms with Crippen LogP contribution in [0.5, 0.6) is 0 Å². The van der Waals surface area contributed by atoms with E-state index in [1.807, 2.05) is 12.1 Å². The monoisotopic (exact) mass is 250 g/mol. The van der Waals surface area contributed by atoms with Gasteiger partial charge in [0, 0.05) is 6.07 Å². The molecule has 16 heavy (non-hydrogen) atoms. The zero-order chi connectivity index (χ0) is 10.3. The van der Waals surface area contributed by atoms with E-state index in [0.29, 0.717) is 0 Å². The summed E-state index contributed by atoms with van der Waals surface area (Å²) in [5, 5.41) is 2.16. The zero-order valence-corrected chi connectivity index (χ0v) is 10.1. The fraction of sp³-hybridized carbons (Fsp3) is 0. The van der Waals surface area contributed by atoms with Crippen molar-refractivity contribution in [2.45, 2.75) is 9.79 Å². The first-order chi connectivity index (χ1) is 7.34. The molecule has 0 aromatic heterocycles. The Kier molecular flexibility index (Phi) is 3.10. The lowest BCUT2D eigenvalue weighted by molar-refractivity contribution is -0.484. The highest BCUT2D eigenvalue weighted by atomic mass is 35.5. The maximum atomic E-state index is 5.95. The molecule has 0 amide bonds. The summed E-state index contributed by atoms with van der Waals surface area (Å²) < 4.78 is 0. The Morgan fingerprint density at radius 2 is 1.69 bits per heavy atom. The quantitative estimate of drug-likeness (QED) is 0.517. The van der Waals surface area contributed by atoms with E-state index in [9.17, 15) is 0 Å². The number of hydrogen-bond acceptors (Lipinski definition) is 2. The van der Waals surface area contributed by atoms with Gasteiger partial charge in [-0.2, -0.15) is 0 Å². The highest BCUT2D eigenvalue weighted by Crippen LogP contribution is 2.40. The molecule has 82 valence electrons. The third-order valence-corrected chi connectivity index (χ3v) is 3.71. The van der Waals surface area contributed by atoms with Crippen LogP contribution in [-0.4, -0.2) is 0 Å². The molecule has 2 aromatic rings. The minimum Gasteiger partial charge on any atom is -1.00 e. The van der Waals surface area contributed by atoms with Gasteiger partial charge in [-0.15, -0.1) is 0 Å². The van der Waals surface area contributed by atoms with Gasteiger partial charge in [-0.05, 0) is 18.2 Å². The molecule has 4 heteroatoms. The average Bonchev–Trinajstić information content (AvgIpc) is 2.27. The van der Waals surface area contributed by atoms with Gasteiger partial charge in [0.15, 0.2) is 5.69 Å². The molecule has 0 saturated heterocycles. The first-order valence-electron chi connectivity index (χ1n) is 4.85. The van der Waals surface area contributed by atoms with Gasteiger partial charge in [0.05, 0.1) is 15.5 Å². The van der Waals surface area contributed by atoms with E-state index in [4.69, 9.17) is 5.73 Å². The molecule has 1 aliphatic heterocycles. The molecule has 0 fully saturated rings.